The van der Waals surface area contributed by atoms with Gasteiger partial charge in [-0.15, -0.1) is 0 Å². The fraction of sp³-hybridized carbons (Fsp3) is 0.435. The van der Waals surface area contributed by atoms with Crippen molar-refractivity contribution >= 4 is 5.97 Å². The van der Waals surface area contributed by atoms with Crippen molar-refractivity contribution in [2.24, 2.45) is 0 Å². The zero-order valence-electron chi connectivity index (χ0n) is 18.5. The number of esters is 1. The van der Waals surface area contributed by atoms with Gasteiger partial charge in [0.1, 0.15) is 17.1 Å². The van der Waals surface area contributed by atoms with Gasteiger partial charge in [-0.05, 0) is 39.7 Å². The van der Waals surface area contributed by atoms with Crippen LogP contribution in [0.5, 0.6) is 0 Å². The molecule has 0 radical (unpaired) electrons. The van der Waals surface area contributed by atoms with Crippen LogP contribution in [0.3, 0.4) is 0 Å². The summed E-state index contributed by atoms with van der Waals surface area (Å²) >= 11 is 0. The minimum atomic E-state index is -1.35. The van der Waals surface area contributed by atoms with Gasteiger partial charge in [0.15, 0.2) is 23.8 Å². The van der Waals surface area contributed by atoms with Crippen molar-refractivity contribution in [3.63, 3.8) is 0 Å². The van der Waals surface area contributed by atoms with E-state index in [1.807, 2.05) is 38.1 Å². The Balaban J connectivity index is 2.01. The molecule has 8 nitrogen and oxygen atoms in total. The minimum absolute atomic E-state index is 0.140. The van der Waals surface area contributed by atoms with Crippen molar-refractivity contribution in [1.82, 2.24) is 9.55 Å². The molecule has 8 heteroatoms. The van der Waals surface area contributed by atoms with Crippen molar-refractivity contribution in [2.45, 2.75) is 66.2 Å². The lowest BCUT2D eigenvalue weighted by Gasteiger charge is -2.17. The number of aliphatic hydroxyl groups is 1. The zero-order chi connectivity index (χ0) is 22.8. The average Bonchev–Trinajstić information content (AvgIpc) is 3.21. The third kappa shape index (κ3) is 5.14. The first-order valence-corrected chi connectivity index (χ1v) is 10.2. The number of benzene rings is 1. The van der Waals surface area contributed by atoms with E-state index >= 15 is 0 Å². The van der Waals surface area contributed by atoms with Gasteiger partial charge in [0, 0.05) is 13.0 Å². The van der Waals surface area contributed by atoms with Gasteiger partial charge in [-0.25, -0.2) is 14.6 Å². The van der Waals surface area contributed by atoms with Gasteiger partial charge in [-0.1, -0.05) is 36.8 Å². The molecule has 0 aliphatic heterocycles. The number of aromatic nitrogens is 2. The molecule has 0 saturated carbocycles. The highest BCUT2D eigenvalue weighted by Gasteiger charge is 2.32. The number of rotatable bonds is 8. The van der Waals surface area contributed by atoms with Gasteiger partial charge in [0.05, 0.1) is 0 Å². The van der Waals surface area contributed by atoms with E-state index in [9.17, 15) is 14.7 Å². The number of imidazole rings is 1. The fourth-order valence-electron chi connectivity index (χ4n) is 3.30. The molecule has 0 aliphatic rings. The maximum Gasteiger partial charge on any atom is 0.519 e. The smallest absolute Gasteiger partial charge is 0.453 e. The summed E-state index contributed by atoms with van der Waals surface area (Å²) in [5.41, 5.74) is 1.21. The summed E-state index contributed by atoms with van der Waals surface area (Å²) in [6.45, 7) is 8.89. The molecule has 0 amide bonds. The van der Waals surface area contributed by atoms with Gasteiger partial charge in [0.2, 0.25) is 0 Å². The first kappa shape index (κ1) is 22.6. The summed E-state index contributed by atoms with van der Waals surface area (Å²) < 4.78 is 16.9. The van der Waals surface area contributed by atoms with Crippen LogP contribution in [0.15, 0.2) is 37.9 Å². The molecule has 0 aliphatic carbocycles. The molecule has 31 heavy (non-hydrogen) atoms. The Morgan fingerprint density at radius 2 is 1.87 bits per heavy atom. The first-order valence-electron chi connectivity index (χ1n) is 10.2. The maximum atomic E-state index is 13.1. The molecular weight excluding hydrogens is 400 g/mol. The number of aryl methyl sites for hydroxylation is 3. The molecule has 0 saturated heterocycles. The van der Waals surface area contributed by atoms with Gasteiger partial charge in [-0.2, -0.15) is 0 Å². The summed E-state index contributed by atoms with van der Waals surface area (Å²) in [6, 6.07) is 8.00. The molecule has 1 N–H and O–H groups in total. The van der Waals surface area contributed by atoms with E-state index in [1.165, 1.54) is 0 Å². The number of hydrogen-bond donors (Lipinski definition) is 1. The Kier molecular flexibility index (Phi) is 6.50. The van der Waals surface area contributed by atoms with Crippen LogP contribution in [0.2, 0.25) is 0 Å². The first-order chi connectivity index (χ1) is 14.6. The minimum Gasteiger partial charge on any atom is -0.453 e. The predicted octanol–water partition coefficient (Wildman–Crippen LogP) is 3.63. The summed E-state index contributed by atoms with van der Waals surface area (Å²) in [5.74, 6) is -0.433. The predicted molar refractivity (Wildman–Crippen MR) is 113 cm³/mol. The SMILES string of the molecule is CCCc1nc(C(C)(C)O)c(C(=O)OCc2oc(=O)oc2C)n1Cc1ccc(C)cc1. The topological polar surface area (TPSA) is 108 Å². The molecule has 1 aromatic carbocycles. The number of nitrogens with zero attached hydrogens (tertiary/aromatic N) is 2. The number of hydrogen-bond acceptors (Lipinski definition) is 7. The van der Waals surface area contributed by atoms with Crippen LogP contribution in [-0.4, -0.2) is 20.6 Å². The Morgan fingerprint density at radius 3 is 2.42 bits per heavy atom. The summed E-state index contributed by atoms with van der Waals surface area (Å²) in [5, 5.41) is 10.7. The van der Waals surface area contributed by atoms with Gasteiger partial charge < -0.3 is 23.2 Å². The average molecular weight is 428 g/mol. The monoisotopic (exact) mass is 428 g/mol. The highest BCUT2D eigenvalue weighted by atomic mass is 16.6. The van der Waals surface area contributed by atoms with Gasteiger partial charge in [0.25, 0.3) is 0 Å². The number of ether oxygens (including phenoxy) is 1. The molecule has 2 heterocycles. The normalized spacial score (nSPS) is 11.7. The van der Waals surface area contributed by atoms with Gasteiger partial charge >= 0.3 is 11.8 Å². The third-order valence-corrected chi connectivity index (χ3v) is 4.92. The molecule has 166 valence electrons. The maximum absolute atomic E-state index is 13.1. The highest BCUT2D eigenvalue weighted by Crippen LogP contribution is 2.27. The van der Waals surface area contributed by atoms with Crippen LogP contribution in [0, 0.1) is 13.8 Å². The number of carbonyl (C=O) groups is 1. The molecule has 0 spiro atoms. The lowest BCUT2D eigenvalue weighted by molar-refractivity contribution is 0.0395. The van der Waals surface area contributed by atoms with Crippen LogP contribution in [0.1, 0.15) is 71.8 Å². The molecule has 0 fully saturated rings. The summed E-state index contributed by atoms with van der Waals surface area (Å²) in [6.07, 6.45) is 1.46. The lowest BCUT2D eigenvalue weighted by Crippen LogP contribution is -2.23. The molecular formula is C23H28N2O6. The molecule has 3 rings (SSSR count). The van der Waals surface area contributed by atoms with E-state index in [0.29, 0.717) is 18.8 Å². The summed E-state index contributed by atoms with van der Waals surface area (Å²) in [7, 11) is 0. The van der Waals surface area contributed by atoms with E-state index in [1.54, 1.807) is 25.3 Å². The molecule has 0 unspecified atom stereocenters. The van der Waals surface area contributed by atoms with E-state index in [0.717, 1.165) is 17.5 Å². The van der Waals surface area contributed by atoms with Crippen LogP contribution in [0.4, 0.5) is 0 Å². The second kappa shape index (κ2) is 8.93. The van der Waals surface area contributed by atoms with Crippen molar-refractivity contribution in [3.8, 4) is 0 Å². The fourth-order valence-corrected chi connectivity index (χ4v) is 3.30. The Bertz CT molecular complexity index is 1110. The van der Waals surface area contributed by atoms with E-state index in [2.05, 4.69) is 4.98 Å². The Morgan fingerprint density at radius 1 is 1.19 bits per heavy atom. The Hall–Kier alpha value is -3.13. The lowest BCUT2D eigenvalue weighted by atomic mass is 10.0. The largest absolute Gasteiger partial charge is 0.519 e. The molecule has 0 atom stereocenters. The molecule has 2 aromatic heterocycles. The Labute approximate surface area is 180 Å². The second-order valence-electron chi connectivity index (χ2n) is 8.12. The van der Waals surface area contributed by atoms with E-state index in [4.69, 9.17) is 13.6 Å². The second-order valence-corrected chi connectivity index (χ2v) is 8.12. The van der Waals surface area contributed by atoms with E-state index < -0.39 is 17.4 Å². The van der Waals surface area contributed by atoms with E-state index in [-0.39, 0.29) is 29.5 Å². The van der Waals surface area contributed by atoms with Crippen molar-refractivity contribution in [1.29, 1.82) is 0 Å². The van der Waals surface area contributed by atoms with Crippen molar-refractivity contribution in [3.05, 3.63) is 74.7 Å². The standard InChI is InChI=1S/C23H28N2O6/c1-6-7-18-24-20(23(4,5)28)19(25(18)12-16-10-8-14(2)9-11-16)21(26)29-13-17-15(3)30-22(27)31-17/h8-11,28H,6-7,12-13H2,1-5H3. The van der Waals surface area contributed by atoms with Crippen LogP contribution >= 0.6 is 0 Å². The molecule has 0 bridgehead atoms. The van der Waals surface area contributed by atoms with Crippen LogP contribution < -0.4 is 5.82 Å². The number of carbonyl (C=O) groups excluding carboxylic acids is 1. The third-order valence-electron chi connectivity index (χ3n) is 4.92. The van der Waals surface area contributed by atoms with Gasteiger partial charge in [-0.3, -0.25) is 0 Å². The van der Waals surface area contributed by atoms with Crippen LogP contribution in [-0.2, 0) is 29.9 Å². The highest BCUT2D eigenvalue weighted by molar-refractivity contribution is 5.89. The quantitative estimate of drug-likeness (QED) is 0.546. The summed E-state index contributed by atoms with van der Waals surface area (Å²) in [4.78, 5) is 29.0. The molecule has 3 aromatic rings. The zero-order valence-corrected chi connectivity index (χ0v) is 18.5. The van der Waals surface area contributed by atoms with Crippen LogP contribution in [0.25, 0.3) is 0 Å². The van der Waals surface area contributed by atoms with Crippen molar-refractivity contribution < 1.29 is 23.5 Å². The van der Waals surface area contributed by atoms with Crippen molar-refractivity contribution in [2.75, 3.05) is 0 Å².